The highest BCUT2D eigenvalue weighted by Gasteiger charge is 2.31. The normalized spacial score (nSPS) is 13.8. The number of amides is 1. The quantitative estimate of drug-likeness (QED) is 0.208. The summed E-state index contributed by atoms with van der Waals surface area (Å²) >= 11 is 0.933. The maximum absolute atomic E-state index is 13.0. The zero-order valence-corrected chi connectivity index (χ0v) is 22.5. The van der Waals surface area contributed by atoms with E-state index < -0.39 is 23.8 Å². The second kappa shape index (κ2) is 12.2. The average Bonchev–Trinajstić information content (AvgIpc) is 3.24. The maximum Gasteiger partial charge on any atom is 0.306 e. The number of carbonyl (C=O) groups is 4. The molecule has 1 aliphatic rings. The first-order chi connectivity index (χ1) is 18.3. The van der Waals surface area contributed by atoms with Crippen LogP contribution in [0.25, 0.3) is 11.1 Å². The number of fused-ring (bicyclic) bond motifs is 3. The third-order valence-electron chi connectivity index (χ3n) is 6.77. The van der Waals surface area contributed by atoms with Crippen LogP contribution in [0.1, 0.15) is 54.6 Å². The molecule has 4 rings (SSSR count). The SMILES string of the molecule is CC(C)[C@H](NC(=O)[C@H](C)CC(=O)OCC1c2ccccc2-c2ccccc21)C(=O)Sc1ccccc1C=O. The van der Waals surface area contributed by atoms with Gasteiger partial charge in [-0.2, -0.15) is 0 Å². The summed E-state index contributed by atoms with van der Waals surface area (Å²) in [6.07, 6.45) is 0.608. The second-order valence-corrected chi connectivity index (χ2v) is 10.9. The molecule has 0 fully saturated rings. The molecule has 0 aliphatic heterocycles. The van der Waals surface area contributed by atoms with Crippen LogP contribution in [-0.2, 0) is 19.1 Å². The van der Waals surface area contributed by atoms with Gasteiger partial charge in [0.1, 0.15) is 12.6 Å². The van der Waals surface area contributed by atoms with Gasteiger partial charge in [-0.1, -0.05) is 87.5 Å². The summed E-state index contributed by atoms with van der Waals surface area (Å²) in [6, 6.07) is 22.3. The Balaban J connectivity index is 1.34. The van der Waals surface area contributed by atoms with E-state index in [0.29, 0.717) is 16.7 Å². The molecule has 0 heterocycles. The van der Waals surface area contributed by atoms with Crippen LogP contribution in [0, 0.1) is 11.8 Å². The summed E-state index contributed by atoms with van der Waals surface area (Å²) in [6.45, 7) is 5.52. The van der Waals surface area contributed by atoms with Gasteiger partial charge in [0, 0.05) is 22.3 Å². The van der Waals surface area contributed by atoms with E-state index in [1.807, 2.05) is 38.1 Å². The Morgan fingerprint density at radius 3 is 2.08 bits per heavy atom. The molecule has 0 saturated carbocycles. The van der Waals surface area contributed by atoms with Gasteiger partial charge < -0.3 is 10.1 Å². The Morgan fingerprint density at radius 2 is 1.47 bits per heavy atom. The standard InChI is InChI=1S/C31H31NO5S/c1-19(2)29(31(36)38-27-15-9-4-10-21(27)17-33)32-30(35)20(3)16-28(34)37-18-26-24-13-7-5-11-22(24)23-12-6-8-14-25(23)26/h4-15,17,19-20,26,29H,16,18H2,1-3H3,(H,32,35)/t20-,29+/m1/s1. The van der Waals surface area contributed by atoms with Crippen LogP contribution in [0.3, 0.4) is 0 Å². The van der Waals surface area contributed by atoms with E-state index >= 15 is 0 Å². The van der Waals surface area contributed by atoms with Crippen molar-refractivity contribution in [3.8, 4) is 11.1 Å². The van der Waals surface area contributed by atoms with Crippen molar-refractivity contribution < 1.29 is 23.9 Å². The zero-order chi connectivity index (χ0) is 27.2. The molecule has 7 heteroatoms. The van der Waals surface area contributed by atoms with Crippen LogP contribution >= 0.6 is 11.8 Å². The zero-order valence-electron chi connectivity index (χ0n) is 21.7. The minimum absolute atomic E-state index is 0.0512. The number of nitrogens with one attached hydrogen (secondary N) is 1. The Bertz CT molecular complexity index is 1310. The lowest BCUT2D eigenvalue weighted by Crippen LogP contribution is -2.45. The molecule has 0 bridgehead atoms. The number of hydrogen-bond acceptors (Lipinski definition) is 6. The van der Waals surface area contributed by atoms with Gasteiger partial charge in [0.25, 0.3) is 0 Å². The molecular formula is C31H31NO5S. The summed E-state index contributed by atoms with van der Waals surface area (Å²) in [5.41, 5.74) is 4.96. The van der Waals surface area contributed by atoms with Crippen molar-refractivity contribution in [3.05, 3.63) is 89.5 Å². The number of carbonyl (C=O) groups excluding carboxylic acids is 4. The highest BCUT2D eigenvalue weighted by molar-refractivity contribution is 8.13. The van der Waals surface area contributed by atoms with Crippen molar-refractivity contribution in [1.82, 2.24) is 5.32 Å². The fourth-order valence-electron chi connectivity index (χ4n) is 4.65. The summed E-state index contributed by atoms with van der Waals surface area (Å²) < 4.78 is 5.64. The van der Waals surface area contributed by atoms with E-state index in [2.05, 4.69) is 29.6 Å². The molecule has 3 aromatic carbocycles. The molecule has 0 aromatic heterocycles. The van der Waals surface area contributed by atoms with E-state index in [-0.39, 0.29) is 30.0 Å². The molecule has 1 aliphatic carbocycles. The van der Waals surface area contributed by atoms with Crippen LogP contribution < -0.4 is 5.32 Å². The van der Waals surface area contributed by atoms with E-state index in [9.17, 15) is 19.2 Å². The fraction of sp³-hybridized carbons (Fsp3) is 0.290. The first-order valence-electron chi connectivity index (χ1n) is 12.7. The predicted octanol–water partition coefficient (Wildman–Crippen LogP) is 5.64. The molecule has 0 radical (unpaired) electrons. The molecule has 1 amide bonds. The summed E-state index contributed by atoms with van der Waals surface area (Å²) in [5, 5.41) is 2.53. The molecule has 38 heavy (non-hydrogen) atoms. The first kappa shape index (κ1) is 27.3. The Labute approximate surface area is 227 Å². The summed E-state index contributed by atoms with van der Waals surface area (Å²) in [4.78, 5) is 50.5. The molecular weight excluding hydrogens is 498 g/mol. The van der Waals surface area contributed by atoms with E-state index in [0.717, 1.165) is 34.0 Å². The smallest absolute Gasteiger partial charge is 0.306 e. The van der Waals surface area contributed by atoms with Gasteiger partial charge >= 0.3 is 5.97 Å². The van der Waals surface area contributed by atoms with Gasteiger partial charge in [0.2, 0.25) is 11.0 Å². The van der Waals surface area contributed by atoms with Gasteiger partial charge in [-0.15, -0.1) is 0 Å². The molecule has 2 atom stereocenters. The summed E-state index contributed by atoms with van der Waals surface area (Å²) in [5.74, 6) is -1.76. The van der Waals surface area contributed by atoms with Gasteiger partial charge in [0.05, 0.1) is 6.42 Å². The number of benzene rings is 3. The Kier molecular flexibility index (Phi) is 8.79. The van der Waals surface area contributed by atoms with Gasteiger partial charge in [0.15, 0.2) is 6.29 Å². The van der Waals surface area contributed by atoms with Crippen molar-refractivity contribution in [1.29, 1.82) is 0 Å². The highest BCUT2D eigenvalue weighted by atomic mass is 32.2. The molecule has 0 unspecified atom stereocenters. The third-order valence-corrected chi connectivity index (χ3v) is 7.82. The number of aldehydes is 1. The molecule has 1 N–H and O–H groups in total. The van der Waals surface area contributed by atoms with Gasteiger partial charge in [-0.25, -0.2) is 0 Å². The van der Waals surface area contributed by atoms with Crippen LogP contribution in [0.2, 0.25) is 0 Å². The summed E-state index contributed by atoms with van der Waals surface area (Å²) in [7, 11) is 0. The fourth-order valence-corrected chi connectivity index (χ4v) is 5.71. The van der Waals surface area contributed by atoms with Crippen molar-refractivity contribution in [2.45, 2.75) is 44.0 Å². The van der Waals surface area contributed by atoms with E-state index in [1.165, 1.54) is 0 Å². The highest BCUT2D eigenvalue weighted by Crippen LogP contribution is 2.44. The van der Waals surface area contributed by atoms with Gasteiger partial charge in [-0.05, 0) is 46.0 Å². The molecule has 0 saturated heterocycles. The average molecular weight is 530 g/mol. The third kappa shape index (κ3) is 6.05. The molecule has 196 valence electrons. The topological polar surface area (TPSA) is 89.5 Å². The largest absolute Gasteiger partial charge is 0.465 e. The van der Waals surface area contributed by atoms with Crippen molar-refractivity contribution >= 4 is 35.0 Å². The molecule has 6 nitrogen and oxygen atoms in total. The first-order valence-corrected chi connectivity index (χ1v) is 13.5. The lowest BCUT2D eigenvalue weighted by molar-refractivity contribution is -0.147. The van der Waals surface area contributed by atoms with Crippen molar-refractivity contribution in [2.24, 2.45) is 11.8 Å². The number of thioether (sulfide) groups is 1. The monoisotopic (exact) mass is 529 g/mol. The minimum Gasteiger partial charge on any atom is -0.465 e. The number of rotatable bonds is 10. The maximum atomic E-state index is 13.0. The van der Waals surface area contributed by atoms with Gasteiger partial charge in [-0.3, -0.25) is 19.2 Å². The van der Waals surface area contributed by atoms with Crippen molar-refractivity contribution in [3.63, 3.8) is 0 Å². The second-order valence-electron chi connectivity index (χ2n) is 9.82. The number of esters is 1. The van der Waals surface area contributed by atoms with Crippen LogP contribution in [0.15, 0.2) is 77.7 Å². The van der Waals surface area contributed by atoms with E-state index in [4.69, 9.17) is 4.74 Å². The van der Waals surface area contributed by atoms with Crippen LogP contribution in [0.5, 0.6) is 0 Å². The number of ether oxygens (including phenoxy) is 1. The van der Waals surface area contributed by atoms with E-state index in [1.54, 1.807) is 31.2 Å². The van der Waals surface area contributed by atoms with Crippen molar-refractivity contribution in [2.75, 3.05) is 6.61 Å². The lowest BCUT2D eigenvalue weighted by atomic mass is 9.98. The predicted molar refractivity (Wildman–Crippen MR) is 148 cm³/mol. The number of hydrogen-bond donors (Lipinski definition) is 1. The molecule has 3 aromatic rings. The molecule has 0 spiro atoms. The lowest BCUT2D eigenvalue weighted by Gasteiger charge is -2.23. The minimum atomic E-state index is -0.767. The Morgan fingerprint density at radius 1 is 0.895 bits per heavy atom. The Hall–Kier alpha value is -3.71. The van der Waals surface area contributed by atoms with Crippen LogP contribution in [0.4, 0.5) is 0 Å². The van der Waals surface area contributed by atoms with Crippen LogP contribution in [-0.4, -0.2) is 35.9 Å².